The van der Waals surface area contributed by atoms with Crippen molar-refractivity contribution in [1.29, 1.82) is 0 Å². The summed E-state index contributed by atoms with van der Waals surface area (Å²) in [6, 6.07) is 2.74. The third-order valence-corrected chi connectivity index (χ3v) is 4.46. The molecule has 1 nitrogen and oxygen atoms in total. The zero-order valence-corrected chi connectivity index (χ0v) is 6.43. The van der Waals surface area contributed by atoms with Crippen LogP contribution in [0.25, 0.3) is 0 Å². The molecule has 0 saturated heterocycles. The van der Waals surface area contributed by atoms with Crippen molar-refractivity contribution in [3.05, 3.63) is 0 Å². The van der Waals surface area contributed by atoms with E-state index in [0.717, 1.165) is 6.17 Å². The van der Waals surface area contributed by atoms with Gasteiger partial charge in [0.05, 0.1) is 8.80 Å². The number of rotatable bonds is 3. The third kappa shape index (κ3) is 2.82. The van der Waals surface area contributed by atoms with Crippen LogP contribution >= 0.6 is 0 Å². The van der Waals surface area contributed by atoms with E-state index in [9.17, 15) is 0 Å². The van der Waals surface area contributed by atoms with Gasteiger partial charge in [-0.25, -0.2) is 0 Å². The average molecular weight is 117 g/mol. The van der Waals surface area contributed by atoms with Gasteiger partial charge in [0.15, 0.2) is 0 Å². The van der Waals surface area contributed by atoms with E-state index in [1.165, 1.54) is 12.1 Å². The van der Waals surface area contributed by atoms with Crippen LogP contribution in [0, 0.1) is 0 Å². The standard InChI is InChI=1S/C5H15NSi/c1-3-7(4-2)5-6/h7H,3-6H2,1-2H3. The van der Waals surface area contributed by atoms with Crippen LogP contribution in [0.15, 0.2) is 0 Å². The van der Waals surface area contributed by atoms with E-state index in [1.54, 1.807) is 0 Å². The lowest BCUT2D eigenvalue weighted by atomic mass is 10.9. The van der Waals surface area contributed by atoms with E-state index >= 15 is 0 Å². The summed E-state index contributed by atoms with van der Waals surface area (Å²) in [6.07, 6.45) is 0.993. The molecule has 0 aliphatic carbocycles. The van der Waals surface area contributed by atoms with Gasteiger partial charge in [-0.15, -0.1) is 0 Å². The van der Waals surface area contributed by atoms with Crippen LogP contribution in [-0.2, 0) is 0 Å². The van der Waals surface area contributed by atoms with Crippen molar-refractivity contribution < 1.29 is 0 Å². The molecular weight excluding hydrogens is 102 g/mol. The summed E-state index contributed by atoms with van der Waals surface area (Å²) in [5.74, 6) is 0. The molecule has 0 aromatic heterocycles. The summed E-state index contributed by atoms with van der Waals surface area (Å²) in [4.78, 5) is 0. The monoisotopic (exact) mass is 117 g/mol. The Morgan fingerprint density at radius 1 is 1.29 bits per heavy atom. The lowest BCUT2D eigenvalue weighted by Gasteiger charge is -2.03. The van der Waals surface area contributed by atoms with Crippen molar-refractivity contribution in [2.24, 2.45) is 5.73 Å². The highest BCUT2D eigenvalue weighted by molar-refractivity contribution is 6.58. The van der Waals surface area contributed by atoms with Gasteiger partial charge >= 0.3 is 0 Å². The van der Waals surface area contributed by atoms with E-state index in [1.807, 2.05) is 0 Å². The molecule has 0 rings (SSSR count). The Labute approximate surface area is 47.5 Å². The highest BCUT2D eigenvalue weighted by Gasteiger charge is 1.98. The second-order valence-corrected chi connectivity index (χ2v) is 5.75. The molecule has 0 aliphatic heterocycles. The molecule has 0 spiro atoms. The first-order valence-electron chi connectivity index (χ1n) is 3.05. The van der Waals surface area contributed by atoms with Gasteiger partial charge in [0, 0.05) is 0 Å². The van der Waals surface area contributed by atoms with E-state index < -0.39 is 8.80 Å². The van der Waals surface area contributed by atoms with Crippen molar-refractivity contribution in [1.82, 2.24) is 0 Å². The molecule has 0 heterocycles. The molecule has 0 bridgehead atoms. The van der Waals surface area contributed by atoms with Gasteiger partial charge in [-0.2, -0.15) is 0 Å². The van der Waals surface area contributed by atoms with Crippen LogP contribution in [0.1, 0.15) is 13.8 Å². The highest BCUT2D eigenvalue weighted by Crippen LogP contribution is 1.93. The Morgan fingerprint density at radius 3 is 1.71 bits per heavy atom. The predicted molar refractivity (Wildman–Crippen MR) is 37.2 cm³/mol. The van der Waals surface area contributed by atoms with E-state index in [0.29, 0.717) is 0 Å². The quantitative estimate of drug-likeness (QED) is 0.542. The lowest BCUT2D eigenvalue weighted by molar-refractivity contribution is 1.21. The topological polar surface area (TPSA) is 26.0 Å². The average Bonchev–Trinajstić information content (AvgIpc) is 1.72. The second-order valence-electron chi connectivity index (χ2n) is 1.92. The molecule has 0 unspecified atom stereocenters. The maximum absolute atomic E-state index is 5.46. The molecule has 0 aromatic rings. The van der Waals surface area contributed by atoms with E-state index in [-0.39, 0.29) is 0 Å². The molecular formula is C5H15NSi. The minimum absolute atomic E-state index is 0.394. The molecule has 0 atom stereocenters. The van der Waals surface area contributed by atoms with Crippen molar-refractivity contribution in [2.45, 2.75) is 25.9 Å². The Kier molecular flexibility index (Phi) is 4.45. The van der Waals surface area contributed by atoms with E-state index in [4.69, 9.17) is 5.73 Å². The zero-order chi connectivity index (χ0) is 5.70. The van der Waals surface area contributed by atoms with Crippen LogP contribution in [0.2, 0.25) is 12.1 Å². The Balaban J connectivity index is 2.99. The minimum atomic E-state index is -0.394. The van der Waals surface area contributed by atoms with Crippen LogP contribution < -0.4 is 5.73 Å². The summed E-state index contributed by atoms with van der Waals surface area (Å²) in [7, 11) is -0.394. The van der Waals surface area contributed by atoms with Crippen molar-refractivity contribution in [3.63, 3.8) is 0 Å². The maximum atomic E-state index is 5.46. The van der Waals surface area contributed by atoms with Gasteiger partial charge in [-0.3, -0.25) is 0 Å². The predicted octanol–water partition coefficient (Wildman–Crippen LogP) is 0.751. The zero-order valence-electron chi connectivity index (χ0n) is 5.28. The largest absolute Gasteiger partial charge is 0.333 e. The number of hydrogen-bond acceptors (Lipinski definition) is 1. The Hall–Kier alpha value is 0.177. The van der Waals surface area contributed by atoms with Gasteiger partial charge in [0.25, 0.3) is 0 Å². The van der Waals surface area contributed by atoms with Gasteiger partial charge < -0.3 is 5.73 Å². The fourth-order valence-corrected chi connectivity index (χ4v) is 1.87. The first kappa shape index (κ1) is 7.18. The van der Waals surface area contributed by atoms with E-state index in [2.05, 4.69) is 13.8 Å². The normalized spacial score (nSPS) is 10.3. The van der Waals surface area contributed by atoms with Crippen LogP contribution in [-0.4, -0.2) is 15.0 Å². The lowest BCUT2D eigenvalue weighted by Crippen LogP contribution is -2.22. The molecule has 2 N–H and O–H groups in total. The Morgan fingerprint density at radius 2 is 1.71 bits per heavy atom. The molecule has 44 valence electrons. The summed E-state index contributed by atoms with van der Waals surface area (Å²) in [6.45, 7) is 4.49. The fourth-order valence-electron chi connectivity index (χ4n) is 0.622. The molecule has 2 heteroatoms. The maximum Gasteiger partial charge on any atom is 0.0518 e. The summed E-state index contributed by atoms with van der Waals surface area (Å²) < 4.78 is 0. The molecule has 0 fully saturated rings. The van der Waals surface area contributed by atoms with Crippen molar-refractivity contribution >= 4 is 8.80 Å². The van der Waals surface area contributed by atoms with Gasteiger partial charge in [0.2, 0.25) is 0 Å². The SMILES string of the molecule is CC[SiH](CC)CN. The summed E-state index contributed by atoms with van der Waals surface area (Å²) >= 11 is 0. The number of hydrogen-bond donors (Lipinski definition) is 1. The molecule has 0 saturated carbocycles. The fraction of sp³-hybridized carbons (Fsp3) is 1.00. The van der Waals surface area contributed by atoms with Gasteiger partial charge in [-0.05, 0) is 6.17 Å². The van der Waals surface area contributed by atoms with Gasteiger partial charge in [0.1, 0.15) is 0 Å². The van der Waals surface area contributed by atoms with Gasteiger partial charge in [-0.1, -0.05) is 25.9 Å². The molecule has 0 radical (unpaired) electrons. The van der Waals surface area contributed by atoms with Crippen molar-refractivity contribution in [3.8, 4) is 0 Å². The van der Waals surface area contributed by atoms with Crippen LogP contribution in [0.4, 0.5) is 0 Å². The molecule has 7 heavy (non-hydrogen) atoms. The number of nitrogens with two attached hydrogens (primary N) is 1. The Bertz CT molecular complexity index is 29.6. The minimum Gasteiger partial charge on any atom is -0.333 e. The first-order valence-corrected chi connectivity index (χ1v) is 5.50. The van der Waals surface area contributed by atoms with Crippen LogP contribution in [0.5, 0.6) is 0 Å². The molecule has 0 amide bonds. The smallest absolute Gasteiger partial charge is 0.0518 e. The first-order chi connectivity index (χ1) is 3.35. The molecule has 0 aliphatic rings. The summed E-state index contributed by atoms with van der Waals surface area (Å²) in [5, 5.41) is 0. The van der Waals surface area contributed by atoms with Crippen LogP contribution in [0.3, 0.4) is 0 Å². The summed E-state index contributed by atoms with van der Waals surface area (Å²) in [5.41, 5.74) is 5.46. The second kappa shape index (κ2) is 4.34. The molecule has 0 aromatic carbocycles. The third-order valence-electron chi connectivity index (χ3n) is 1.49. The highest BCUT2D eigenvalue weighted by atomic mass is 28.3. The van der Waals surface area contributed by atoms with Crippen molar-refractivity contribution in [2.75, 3.05) is 6.17 Å².